The summed E-state index contributed by atoms with van der Waals surface area (Å²) in [5.74, 6) is -0.357. The highest BCUT2D eigenvalue weighted by molar-refractivity contribution is 6.29. The van der Waals surface area contributed by atoms with E-state index in [9.17, 15) is 4.79 Å². The summed E-state index contributed by atoms with van der Waals surface area (Å²) < 4.78 is 0. The van der Waals surface area contributed by atoms with Crippen molar-refractivity contribution in [2.75, 3.05) is 11.1 Å². The molecule has 0 aliphatic heterocycles. The van der Waals surface area contributed by atoms with Gasteiger partial charge >= 0.3 is 0 Å². The van der Waals surface area contributed by atoms with E-state index in [4.69, 9.17) is 17.3 Å². The number of nitrogens with one attached hydrogen (secondary N) is 1. The van der Waals surface area contributed by atoms with Gasteiger partial charge in [0.1, 0.15) is 5.15 Å². The van der Waals surface area contributed by atoms with Crippen molar-refractivity contribution in [1.82, 2.24) is 15.0 Å². The number of hydrogen-bond acceptors (Lipinski definition) is 5. The smallest absolute Gasteiger partial charge is 0.278 e. The van der Waals surface area contributed by atoms with Gasteiger partial charge in [0.05, 0.1) is 5.69 Å². The number of nitrogen functional groups attached to an aromatic ring is 1. The van der Waals surface area contributed by atoms with Crippen LogP contribution in [-0.2, 0) is 0 Å². The zero-order valence-corrected chi connectivity index (χ0v) is 10.3. The first-order valence-corrected chi connectivity index (χ1v) is 5.47. The van der Waals surface area contributed by atoms with E-state index in [-0.39, 0.29) is 22.5 Å². The second kappa shape index (κ2) is 4.97. The number of halogens is 1. The Labute approximate surface area is 108 Å². The molecule has 0 atom stereocenters. The molecular weight excluding hydrogens is 254 g/mol. The first-order chi connectivity index (χ1) is 8.56. The van der Waals surface area contributed by atoms with Crippen LogP contribution >= 0.6 is 11.6 Å². The maximum Gasteiger partial charge on any atom is 0.278 e. The van der Waals surface area contributed by atoms with E-state index < -0.39 is 5.91 Å². The number of pyridine rings is 1. The first kappa shape index (κ1) is 12.3. The second-order valence-electron chi connectivity index (χ2n) is 3.55. The van der Waals surface area contributed by atoms with Gasteiger partial charge in [-0.2, -0.15) is 0 Å². The molecule has 0 saturated heterocycles. The summed E-state index contributed by atoms with van der Waals surface area (Å²) in [6.45, 7) is 1.75. The Morgan fingerprint density at radius 3 is 2.89 bits per heavy atom. The van der Waals surface area contributed by atoms with Crippen molar-refractivity contribution in [3.8, 4) is 0 Å². The van der Waals surface area contributed by atoms with E-state index in [1.54, 1.807) is 25.1 Å². The van der Waals surface area contributed by atoms with Gasteiger partial charge in [-0.15, -0.1) is 0 Å². The fraction of sp³-hybridized carbons (Fsp3) is 0.0909. The van der Waals surface area contributed by atoms with Gasteiger partial charge < -0.3 is 5.73 Å². The van der Waals surface area contributed by atoms with E-state index in [2.05, 4.69) is 20.3 Å². The summed E-state index contributed by atoms with van der Waals surface area (Å²) in [5.41, 5.74) is 6.71. The van der Waals surface area contributed by atoms with Gasteiger partial charge in [0.15, 0.2) is 5.69 Å². The van der Waals surface area contributed by atoms with Gasteiger partial charge in [-0.05, 0) is 25.1 Å². The van der Waals surface area contributed by atoms with Gasteiger partial charge in [0.25, 0.3) is 5.91 Å². The Morgan fingerprint density at radius 2 is 2.22 bits per heavy atom. The van der Waals surface area contributed by atoms with Crippen molar-refractivity contribution in [2.24, 2.45) is 0 Å². The van der Waals surface area contributed by atoms with Crippen molar-refractivity contribution in [2.45, 2.75) is 6.92 Å². The molecule has 0 aliphatic rings. The van der Waals surface area contributed by atoms with Crippen LogP contribution in [0.2, 0.25) is 5.15 Å². The van der Waals surface area contributed by atoms with Crippen molar-refractivity contribution >= 4 is 29.1 Å². The lowest BCUT2D eigenvalue weighted by Crippen LogP contribution is -2.17. The van der Waals surface area contributed by atoms with Gasteiger partial charge in [-0.3, -0.25) is 10.1 Å². The number of aryl methyl sites for hydroxylation is 1. The molecule has 0 unspecified atom stereocenters. The minimum Gasteiger partial charge on any atom is -0.397 e. The Kier molecular flexibility index (Phi) is 3.38. The minimum atomic E-state index is -0.477. The Bertz CT molecular complexity index is 581. The van der Waals surface area contributed by atoms with Crippen molar-refractivity contribution < 1.29 is 4.79 Å². The molecule has 2 aromatic rings. The summed E-state index contributed by atoms with van der Waals surface area (Å²) in [6, 6.07) is 4.82. The van der Waals surface area contributed by atoms with Crippen LogP contribution in [0.15, 0.2) is 24.4 Å². The first-order valence-electron chi connectivity index (χ1n) is 5.09. The lowest BCUT2D eigenvalue weighted by Gasteiger charge is -2.05. The Balaban J connectivity index is 2.24. The molecule has 6 nitrogen and oxygen atoms in total. The monoisotopic (exact) mass is 263 g/mol. The van der Waals surface area contributed by atoms with Crippen molar-refractivity contribution in [3.63, 3.8) is 0 Å². The fourth-order valence-electron chi connectivity index (χ4n) is 1.35. The van der Waals surface area contributed by atoms with Gasteiger partial charge in [0, 0.05) is 11.9 Å². The van der Waals surface area contributed by atoms with Gasteiger partial charge in [-0.1, -0.05) is 11.6 Å². The molecule has 18 heavy (non-hydrogen) atoms. The fourth-order valence-corrected chi connectivity index (χ4v) is 1.59. The molecule has 0 spiro atoms. The lowest BCUT2D eigenvalue weighted by molar-refractivity contribution is 0.102. The lowest BCUT2D eigenvalue weighted by atomic mass is 10.3. The molecule has 0 saturated carbocycles. The minimum absolute atomic E-state index is 0.120. The standard InChI is InChI=1S/C11H10ClN5O/c1-6-5-8(12)16-11(15-6)17-10(18)9-7(13)3-2-4-14-9/h2-5H,13H2,1H3,(H,15,16,17,18). The van der Waals surface area contributed by atoms with Crippen LogP contribution in [0, 0.1) is 6.92 Å². The van der Waals surface area contributed by atoms with E-state index in [1.165, 1.54) is 6.20 Å². The summed E-state index contributed by atoms with van der Waals surface area (Å²) in [4.78, 5) is 23.7. The van der Waals surface area contributed by atoms with Crippen LogP contribution in [0.5, 0.6) is 0 Å². The number of amides is 1. The van der Waals surface area contributed by atoms with Crippen LogP contribution < -0.4 is 11.1 Å². The molecule has 1 amide bonds. The maximum atomic E-state index is 11.9. The van der Waals surface area contributed by atoms with E-state index >= 15 is 0 Å². The SMILES string of the molecule is Cc1cc(Cl)nc(NC(=O)c2ncccc2N)n1. The molecule has 0 bridgehead atoms. The zero-order chi connectivity index (χ0) is 13.1. The van der Waals surface area contributed by atoms with Crippen LogP contribution in [0.1, 0.15) is 16.2 Å². The van der Waals surface area contributed by atoms with Crippen LogP contribution in [-0.4, -0.2) is 20.9 Å². The van der Waals surface area contributed by atoms with E-state index in [0.717, 1.165) is 0 Å². The second-order valence-corrected chi connectivity index (χ2v) is 3.94. The molecule has 0 radical (unpaired) electrons. The topological polar surface area (TPSA) is 93.8 Å². The third kappa shape index (κ3) is 2.72. The molecule has 3 N–H and O–H groups in total. The average molecular weight is 264 g/mol. The summed E-state index contributed by atoms with van der Waals surface area (Å²) >= 11 is 5.77. The Hall–Kier alpha value is -2.21. The molecule has 0 aliphatic carbocycles. The predicted molar refractivity (Wildman–Crippen MR) is 68.4 cm³/mol. The zero-order valence-electron chi connectivity index (χ0n) is 9.51. The quantitative estimate of drug-likeness (QED) is 0.804. The highest BCUT2D eigenvalue weighted by Crippen LogP contribution is 2.12. The number of nitrogens with two attached hydrogens (primary N) is 1. The molecular formula is C11H10ClN5O. The number of nitrogens with zero attached hydrogens (tertiary/aromatic N) is 3. The highest BCUT2D eigenvalue weighted by Gasteiger charge is 2.12. The number of anilines is 2. The highest BCUT2D eigenvalue weighted by atomic mass is 35.5. The average Bonchev–Trinajstić information content (AvgIpc) is 2.27. The molecule has 2 heterocycles. The van der Waals surface area contributed by atoms with Crippen LogP contribution in [0.3, 0.4) is 0 Å². The number of carbonyl (C=O) groups is 1. The third-order valence-electron chi connectivity index (χ3n) is 2.10. The molecule has 0 aromatic carbocycles. The van der Waals surface area contributed by atoms with E-state index in [1.807, 2.05) is 0 Å². The van der Waals surface area contributed by atoms with Gasteiger partial charge in [-0.25, -0.2) is 15.0 Å². The molecule has 0 fully saturated rings. The Morgan fingerprint density at radius 1 is 1.44 bits per heavy atom. The molecule has 7 heteroatoms. The predicted octanol–water partition coefficient (Wildman–Crippen LogP) is 1.67. The number of hydrogen-bond donors (Lipinski definition) is 2. The number of aromatic nitrogens is 3. The van der Waals surface area contributed by atoms with Gasteiger partial charge in [0.2, 0.25) is 5.95 Å². The molecule has 2 aromatic heterocycles. The van der Waals surface area contributed by atoms with Crippen LogP contribution in [0.25, 0.3) is 0 Å². The normalized spacial score (nSPS) is 10.1. The number of carbonyl (C=O) groups excluding carboxylic acids is 1. The maximum absolute atomic E-state index is 11.9. The van der Waals surface area contributed by atoms with Crippen molar-refractivity contribution in [3.05, 3.63) is 40.9 Å². The number of rotatable bonds is 2. The summed E-state index contributed by atoms with van der Waals surface area (Å²) in [5, 5.41) is 2.75. The van der Waals surface area contributed by atoms with Crippen LogP contribution in [0.4, 0.5) is 11.6 Å². The van der Waals surface area contributed by atoms with Crippen molar-refractivity contribution in [1.29, 1.82) is 0 Å². The third-order valence-corrected chi connectivity index (χ3v) is 2.30. The van der Waals surface area contributed by atoms with E-state index in [0.29, 0.717) is 5.69 Å². The largest absolute Gasteiger partial charge is 0.397 e. The molecule has 2 rings (SSSR count). The molecule has 92 valence electrons. The summed E-state index contributed by atoms with van der Waals surface area (Å²) in [7, 11) is 0. The summed E-state index contributed by atoms with van der Waals surface area (Å²) in [6.07, 6.45) is 1.48.